The number of hydrogen-bond acceptors (Lipinski definition) is 5. The third-order valence-corrected chi connectivity index (χ3v) is 8.70. The second kappa shape index (κ2) is 11.4. The number of hydrogen-bond donors (Lipinski definition) is 0. The van der Waals surface area contributed by atoms with Gasteiger partial charge in [-0.15, -0.1) is 0 Å². The molecule has 0 saturated heterocycles. The van der Waals surface area contributed by atoms with E-state index in [1.54, 1.807) is 13.3 Å². The maximum absolute atomic E-state index is 6.51. The van der Waals surface area contributed by atoms with Crippen LogP contribution in [-0.2, 0) is 0 Å². The minimum absolute atomic E-state index is 0.732. The van der Waals surface area contributed by atoms with Crippen LogP contribution >= 0.6 is 0 Å². The van der Waals surface area contributed by atoms with Crippen LogP contribution in [0.25, 0.3) is 44.4 Å². The summed E-state index contributed by atoms with van der Waals surface area (Å²) >= 11 is 0. The number of benzene rings is 4. The Morgan fingerprint density at radius 2 is 1.41 bits per heavy atom. The number of nitrogens with zero attached hydrogens (tertiary/aromatic N) is 5. The van der Waals surface area contributed by atoms with Crippen molar-refractivity contribution in [2.24, 2.45) is 0 Å². The van der Waals surface area contributed by atoms with Crippen LogP contribution in [0.15, 0.2) is 97.2 Å². The van der Waals surface area contributed by atoms with Crippen LogP contribution in [-0.4, -0.2) is 40.5 Å². The van der Waals surface area contributed by atoms with Gasteiger partial charge in [0.15, 0.2) is 0 Å². The van der Waals surface area contributed by atoms with Crippen molar-refractivity contribution in [3.05, 3.63) is 120 Å². The molecule has 230 valence electrons. The van der Waals surface area contributed by atoms with Crippen LogP contribution in [0.2, 0.25) is 0 Å². The van der Waals surface area contributed by atoms with E-state index >= 15 is 0 Å². The number of para-hydroxylation sites is 1. The zero-order valence-electron chi connectivity index (χ0n) is 27.3. The Hall–Kier alpha value is -5.56. The van der Waals surface area contributed by atoms with Crippen molar-refractivity contribution in [2.45, 2.75) is 27.7 Å². The smallest absolute Gasteiger partial charge is 0.141 e. The van der Waals surface area contributed by atoms with Gasteiger partial charge in [-0.2, -0.15) is 5.10 Å². The summed E-state index contributed by atoms with van der Waals surface area (Å²) in [5, 5.41) is 7.28. The van der Waals surface area contributed by atoms with Gasteiger partial charge in [-0.25, -0.2) is 9.67 Å². The number of aromatic nitrogens is 4. The fraction of sp³-hybridized carbons (Fsp3) is 0.179. The van der Waals surface area contributed by atoms with Gasteiger partial charge in [-0.3, -0.25) is 4.57 Å². The Kier molecular flexibility index (Phi) is 7.24. The zero-order valence-corrected chi connectivity index (χ0v) is 27.3. The lowest BCUT2D eigenvalue weighted by Gasteiger charge is -2.18. The molecule has 3 aromatic heterocycles. The number of methoxy groups -OCH3 is 1. The number of pyridine rings is 1. The first-order valence-electron chi connectivity index (χ1n) is 15.4. The summed E-state index contributed by atoms with van der Waals surface area (Å²) in [5.41, 5.74) is 11.2. The molecule has 0 unspecified atom stereocenters. The predicted octanol–water partition coefficient (Wildman–Crippen LogP) is 9.13. The first-order chi connectivity index (χ1) is 22.2. The van der Waals surface area contributed by atoms with Gasteiger partial charge in [0.1, 0.15) is 23.1 Å². The molecule has 0 spiro atoms. The van der Waals surface area contributed by atoms with Crippen LogP contribution in [0.5, 0.6) is 17.2 Å². The molecule has 0 fully saturated rings. The molecule has 0 atom stereocenters. The lowest BCUT2D eigenvalue weighted by molar-refractivity contribution is 0.414. The van der Waals surface area contributed by atoms with Gasteiger partial charge >= 0.3 is 0 Å². The second-order valence-electron chi connectivity index (χ2n) is 12.0. The van der Waals surface area contributed by atoms with Crippen molar-refractivity contribution in [3.63, 3.8) is 0 Å². The lowest BCUT2D eigenvalue weighted by Crippen LogP contribution is -2.09. The molecule has 0 amide bonds. The molecule has 0 N–H and O–H groups in total. The van der Waals surface area contributed by atoms with Gasteiger partial charge in [-0.1, -0.05) is 24.3 Å². The average Bonchev–Trinajstić information content (AvgIpc) is 3.53. The van der Waals surface area contributed by atoms with E-state index in [1.807, 2.05) is 47.1 Å². The van der Waals surface area contributed by atoms with Gasteiger partial charge in [0, 0.05) is 66.2 Å². The molecule has 7 nitrogen and oxygen atoms in total. The van der Waals surface area contributed by atoms with Gasteiger partial charge in [-0.05, 0) is 92.9 Å². The number of anilines is 1. The minimum atomic E-state index is 0.732. The van der Waals surface area contributed by atoms with E-state index in [9.17, 15) is 0 Å². The third kappa shape index (κ3) is 4.94. The summed E-state index contributed by atoms with van der Waals surface area (Å²) in [6, 6.07) is 31.0. The molecule has 0 bridgehead atoms. The number of rotatable bonds is 7. The SMILES string of the molecule is COc1ccnc(-n2c3ccccc3c3ccc(Oc4cccc(-n5nc(C)c(-c6c(C)cc(N(C)C)cc6C)c5C)c4)cc32)c1. The molecule has 0 aliphatic carbocycles. The van der Waals surface area contributed by atoms with Gasteiger partial charge in [0.05, 0.1) is 29.5 Å². The molecule has 46 heavy (non-hydrogen) atoms. The van der Waals surface area contributed by atoms with Crippen molar-refractivity contribution < 1.29 is 9.47 Å². The molecule has 0 radical (unpaired) electrons. The van der Waals surface area contributed by atoms with E-state index < -0.39 is 0 Å². The molecule has 4 aromatic carbocycles. The maximum Gasteiger partial charge on any atom is 0.141 e. The van der Waals surface area contributed by atoms with E-state index in [0.717, 1.165) is 61.9 Å². The van der Waals surface area contributed by atoms with Crippen molar-refractivity contribution in [1.82, 2.24) is 19.3 Å². The summed E-state index contributed by atoms with van der Waals surface area (Å²) in [6.45, 7) is 8.59. The number of aryl methyl sites for hydroxylation is 3. The average molecular weight is 608 g/mol. The van der Waals surface area contributed by atoms with Gasteiger partial charge in [0.25, 0.3) is 0 Å². The first kappa shape index (κ1) is 29.2. The standard InChI is InChI=1S/C39H37N5O2/c1-24-19-29(42(5)6)20-25(2)38(24)39-26(3)41-44(27(39)4)28-11-10-12-31(21-28)46-32-15-16-34-33-13-8-9-14-35(33)43(36(34)22-32)37-23-30(45-7)17-18-40-37/h8-23H,1-7H3. The molecule has 7 aromatic rings. The summed E-state index contributed by atoms with van der Waals surface area (Å²) in [7, 11) is 5.82. The van der Waals surface area contributed by atoms with Crippen LogP contribution in [0.1, 0.15) is 22.5 Å². The van der Waals surface area contributed by atoms with E-state index in [-0.39, 0.29) is 0 Å². The third-order valence-electron chi connectivity index (χ3n) is 8.70. The Morgan fingerprint density at radius 3 is 2.17 bits per heavy atom. The van der Waals surface area contributed by atoms with Crippen molar-refractivity contribution in [1.29, 1.82) is 0 Å². The monoisotopic (exact) mass is 607 g/mol. The van der Waals surface area contributed by atoms with Crippen LogP contribution in [0.3, 0.4) is 0 Å². The predicted molar refractivity (Wildman–Crippen MR) is 187 cm³/mol. The van der Waals surface area contributed by atoms with E-state index in [1.165, 1.54) is 27.9 Å². The fourth-order valence-corrected chi connectivity index (χ4v) is 6.57. The Morgan fingerprint density at radius 1 is 0.674 bits per heavy atom. The van der Waals surface area contributed by atoms with Gasteiger partial charge in [0.2, 0.25) is 0 Å². The fourth-order valence-electron chi connectivity index (χ4n) is 6.57. The Bertz CT molecular complexity index is 2240. The quantitative estimate of drug-likeness (QED) is 0.181. The highest BCUT2D eigenvalue weighted by Gasteiger charge is 2.20. The largest absolute Gasteiger partial charge is 0.497 e. The maximum atomic E-state index is 6.51. The molecule has 3 heterocycles. The molecule has 0 aliphatic heterocycles. The summed E-state index contributed by atoms with van der Waals surface area (Å²) < 4.78 is 16.2. The molecular formula is C39H37N5O2. The van der Waals surface area contributed by atoms with Crippen LogP contribution in [0, 0.1) is 27.7 Å². The molecule has 7 rings (SSSR count). The van der Waals surface area contributed by atoms with E-state index in [0.29, 0.717) is 0 Å². The minimum Gasteiger partial charge on any atom is -0.497 e. The topological polar surface area (TPSA) is 57.3 Å². The van der Waals surface area contributed by atoms with E-state index in [2.05, 4.69) is 105 Å². The number of ether oxygens (including phenoxy) is 2. The van der Waals surface area contributed by atoms with Crippen LogP contribution < -0.4 is 14.4 Å². The highest BCUT2D eigenvalue weighted by atomic mass is 16.5. The molecule has 7 heteroatoms. The number of fused-ring (bicyclic) bond motifs is 3. The Labute approximate surface area is 269 Å². The first-order valence-corrected chi connectivity index (χ1v) is 15.4. The summed E-state index contributed by atoms with van der Waals surface area (Å²) in [6.07, 6.45) is 1.77. The molecular weight excluding hydrogens is 570 g/mol. The second-order valence-corrected chi connectivity index (χ2v) is 12.0. The molecule has 0 saturated carbocycles. The van der Waals surface area contributed by atoms with Crippen molar-refractivity contribution in [2.75, 3.05) is 26.1 Å². The highest BCUT2D eigenvalue weighted by molar-refractivity contribution is 6.09. The van der Waals surface area contributed by atoms with Gasteiger partial charge < -0.3 is 14.4 Å². The molecule has 0 aliphatic rings. The summed E-state index contributed by atoms with van der Waals surface area (Å²) in [4.78, 5) is 6.83. The Balaban J connectivity index is 1.27. The lowest BCUT2D eigenvalue weighted by atomic mass is 9.93. The summed E-state index contributed by atoms with van der Waals surface area (Å²) in [5.74, 6) is 3.00. The highest BCUT2D eigenvalue weighted by Crippen LogP contribution is 2.38. The van der Waals surface area contributed by atoms with Crippen molar-refractivity contribution in [3.8, 4) is 39.9 Å². The normalized spacial score (nSPS) is 11.4. The van der Waals surface area contributed by atoms with Crippen molar-refractivity contribution >= 4 is 27.5 Å². The zero-order chi connectivity index (χ0) is 32.1. The van der Waals surface area contributed by atoms with Crippen LogP contribution in [0.4, 0.5) is 5.69 Å². The van der Waals surface area contributed by atoms with E-state index in [4.69, 9.17) is 14.6 Å².